The van der Waals surface area contributed by atoms with Crippen LogP contribution in [-0.2, 0) is 0 Å². The van der Waals surface area contributed by atoms with Gasteiger partial charge in [0.15, 0.2) is 0 Å². The number of hydrogen-bond acceptors (Lipinski definition) is 5. The molecule has 1 aromatic carbocycles. The van der Waals surface area contributed by atoms with Crippen molar-refractivity contribution >= 4 is 17.4 Å². The highest BCUT2D eigenvalue weighted by Gasteiger charge is 2.23. The van der Waals surface area contributed by atoms with Gasteiger partial charge in [0.05, 0.1) is 0 Å². The Bertz CT molecular complexity index is 841. The van der Waals surface area contributed by atoms with Crippen LogP contribution in [0.25, 0.3) is 0 Å². The van der Waals surface area contributed by atoms with Gasteiger partial charge in [-0.25, -0.2) is 14.4 Å². The van der Waals surface area contributed by atoms with Crippen LogP contribution in [0.4, 0.5) is 15.9 Å². The van der Waals surface area contributed by atoms with Crippen molar-refractivity contribution in [1.29, 1.82) is 0 Å². The lowest BCUT2D eigenvalue weighted by molar-refractivity contribution is 0.0755. The topological polar surface area (TPSA) is 52.6 Å². The second kappa shape index (κ2) is 8.76. The Hall–Kier alpha value is -2.70. The molecule has 154 valence electrons. The fourth-order valence-electron chi connectivity index (χ4n) is 4.10. The van der Waals surface area contributed by atoms with E-state index < -0.39 is 0 Å². The van der Waals surface area contributed by atoms with E-state index in [2.05, 4.69) is 19.8 Å². The monoisotopic (exact) mass is 397 g/mol. The molecule has 0 unspecified atom stereocenters. The number of piperazine rings is 1. The maximum Gasteiger partial charge on any atom is 0.272 e. The molecule has 0 bridgehead atoms. The third-order valence-electron chi connectivity index (χ3n) is 5.73. The molecule has 2 fully saturated rings. The summed E-state index contributed by atoms with van der Waals surface area (Å²) >= 11 is 0. The van der Waals surface area contributed by atoms with Crippen molar-refractivity contribution < 1.29 is 9.18 Å². The molecule has 2 saturated heterocycles. The van der Waals surface area contributed by atoms with Gasteiger partial charge < -0.3 is 14.7 Å². The molecular weight excluding hydrogens is 369 g/mol. The first-order valence-electron chi connectivity index (χ1n) is 10.5. The Labute approximate surface area is 171 Å². The number of anilines is 2. The minimum atomic E-state index is -0.217. The number of aryl methyl sites for hydroxylation is 1. The molecule has 2 aliphatic heterocycles. The SMILES string of the molecule is Cc1nc(C(=O)N2CCCCCC2)cc(N2CCN(c3ccc(F)cc3)CC2)n1. The molecular formula is C22H28FN5O. The molecule has 0 aliphatic carbocycles. The van der Waals surface area contributed by atoms with E-state index in [9.17, 15) is 9.18 Å². The van der Waals surface area contributed by atoms with Crippen LogP contribution in [0.15, 0.2) is 30.3 Å². The summed E-state index contributed by atoms with van der Waals surface area (Å²) in [6.45, 7) is 6.71. The molecule has 2 aromatic rings. The lowest BCUT2D eigenvalue weighted by Gasteiger charge is -2.37. The highest BCUT2D eigenvalue weighted by molar-refractivity contribution is 5.93. The Balaban J connectivity index is 1.45. The summed E-state index contributed by atoms with van der Waals surface area (Å²) in [4.78, 5) is 28.4. The fraction of sp³-hybridized carbons (Fsp3) is 0.500. The summed E-state index contributed by atoms with van der Waals surface area (Å²) in [7, 11) is 0. The van der Waals surface area contributed by atoms with Crippen LogP contribution in [0.1, 0.15) is 42.0 Å². The van der Waals surface area contributed by atoms with Crippen molar-refractivity contribution in [3.63, 3.8) is 0 Å². The lowest BCUT2D eigenvalue weighted by Crippen LogP contribution is -2.47. The summed E-state index contributed by atoms with van der Waals surface area (Å²) in [6, 6.07) is 8.47. The van der Waals surface area contributed by atoms with E-state index in [4.69, 9.17) is 0 Å². The number of rotatable bonds is 3. The summed E-state index contributed by atoms with van der Waals surface area (Å²) in [5.74, 6) is 1.24. The Morgan fingerprint density at radius 2 is 1.48 bits per heavy atom. The van der Waals surface area contributed by atoms with Gasteiger partial charge in [0, 0.05) is 51.0 Å². The molecule has 0 atom stereocenters. The third-order valence-corrected chi connectivity index (χ3v) is 5.73. The van der Waals surface area contributed by atoms with Crippen LogP contribution in [0.2, 0.25) is 0 Å². The molecule has 7 heteroatoms. The molecule has 29 heavy (non-hydrogen) atoms. The largest absolute Gasteiger partial charge is 0.368 e. The van der Waals surface area contributed by atoms with Crippen LogP contribution >= 0.6 is 0 Å². The van der Waals surface area contributed by atoms with Crippen molar-refractivity contribution in [2.24, 2.45) is 0 Å². The summed E-state index contributed by atoms with van der Waals surface area (Å²) < 4.78 is 13.2. The van der Waals surface area contributed by atoms with Gasteiger partial charge in [0.1, 0.15) is 23.2 Å². The number of benzene rings is 1. The first-order chi connectivity index (χ1) is 14.1. The quantitative estimate of drug-likeness (QED) is 0.796. The summed E-state index contributed by atoms with van der Waals surface area (Å²) in [6.07, 6.45) is 4.51. The second-order valence-electron chi connectivity index (χ2n) is 7.82. The number of aromatic nitrogens is 2. The highest BCUT2D eigenvalue weighted by Crippen LogP contribution is 2.21. The molecule has 0 spiro atoms. The summed E-state index contributed by atoms with van der Waals surface area (Å²) in [5, 5.41) is 0. The molecule has 3 heterocycles. The number of likely N-dealkylation sites (tertiary alicyclic amines) is 1. The van der Waals surface area contributed by atoms with E-state index in [-0.39, 0.29) is 11.7 Å². The number of carbonyl (C=O) groups is 1. The average Bonchev–Trinajstić information content (AvgIpc) is 3.03. The van der Waals surface area contributed by atoms with E-state index >= 15 is 0 Å². The third kappa shape index (κ3) is 4.66. The van der Waals surface area contributed by atoms with Gasteiger partial charge in [0.2, 0.25) is 0 Å². The van der Waals surface area contributed by atoms with Gasteiger partial charge in [-0.3, -0.25) is 4.79 Å². The number of nitrogens with zero attached hydrogens (tertiary/aromatic N) is 5. The predicted molar refractivity (Wildman–Crippen MR) is 112 cm³/mol. The lowest BCUT2D eigenvalue weighted by atomic mass is 10.2. The maximum atomic E-state index is 13.2. The average molecular weight is 397 g/mol. The Morgan fingerprint density at radius 1 is 0.862 bits per heavy atom. The van der Waals surface area contributed by atoms with Gasteiger partial charge in [-0.2, -0.15) is 0 Å². The molecule has 1 amide bonds. The number of hydrogen-bond donors (Lipinski definition) is 0. The zero-order valence-electron chi connectivity index (χ0n) is 17.0. The second-order valence-corrected chi connectivity index (χ2v) is 7.82. The van der Waals surface area contributed by atoms with Crippen molar-refractivity contribution in [2.75, 3.05) is 49.1 Å². The van der Waals surface area contributed by atoms with Gasteiger partial charge >= 0.3 is 0 Å². The highest BCUT2D eigenvalue weighted by atomic mass is 19.1. The van der Waals surface area contributed by atoms with Gasteiger partial charge in [0.25, 0.3) is 5.91 Å². The van der Waals surface area contributed by atoms with E-state index in [1.54, 1.807) is 0 Å². The van der Waals surface area contributed by atoms with Crippen LogP contribution in [0, 0.1) is 12.7 Å². The molecule has 4 rings (SSSR count). The van der Waals surface area contributed by atoms with Crippen LogP contribution in [0.3, 0.4) is 0 Å². The number of carbonyl (C=O) groups excluding carboxylic acids is 1. The van der Waals surface area contributed by atoms with E-state index in [1.807, 2.05) is 30.0 Å². The van der Waals surface area contributed by atoms with Gasteiger partial charge in [-0.15, -0.1) is 0 Å². The normalized spacial score (nSPS) is 17.9. The fourth-order valence-corrected chi connectivity index (χ4v) is 4.10. The zero-order valence-corrected chi connectivity index (χ0v) is 17.0. The van der Waals surface area contributed by atoms with Crippen LogP contribution in [-0.4, -0.2) is 60.0 Å². The van der Waals surface area contributed by atoms with E-state index in [1.165, 1.54) is 25.0 Å². The van der Waals surface area contributed by atoms with Crippen LogP contribution < -0.4 is 9.80 Å². The van der Waals surface area contributed by atoms with Gasteiger partial charge in [-0.1, -0.05) is 12.8 Å². The minimum Gasteiger partial charge on any atom is -0.368 e. The smallest absolute Gasteiger partial charge is 0.272 e. The standard InChI is InChI=1S/C22H28FN5O/c1-17-24-20(22(29)28-10-4-2-3-5-11-28)16-21(25-17)27-14-12-26(13-15-27)19-8-6-18(23)7-9-19/h6-9,16H,2-5,10-15H2,1H3. The molecule has 0 saturated carbocycles. The van der Waals surface area contributed by atoms with Crippen molar-refractivity contribution in [1.82, 2.24) is 14.9 Å². The number of amides is 1. The Kier molecular flexibility index (Phi) is 5.92. The van der Waals surface area contributed by atoms with Crippen molar-refractivity contribution in [3.8, 4) is 0 Å². The molecule has 0 radical (unpaired) electrons. The molecule has 0 N–H and O–H groups in total. The maximum absolute atomic E-state index is 13.2. The van der Waals surface area contributed by atoms with Crippen LogP contribution in [0.5, 0.6) is 0 Å². The number of halogens is 1. The first kappa shape index (κ1) is 19.6. The van der Waals surface area contributed by atoms with Gasteiger partial charge in [-0.05, 0) is 44.0 Å². The predicted octanol–water partition coefficient (Wildman–Crippen LogP) is 3.27. The van der Waals surface area contributed by atoms with E-state index in [0.717, 1.165) is 63.6 Å². The molecule has 6 nitrogen and oxygen atoms in total. The first-order valence-corrected chi connectivity index (χ1v) is 10.5. The van der Waals surface area contributed by atoms with E-state index in [0.29, 0.717) is 11.5 Å². The minimum absolute atomic E-state index is 0.0172. The van der Waals surface area contributed by atoms with Crippen molar-refractivity contribution in [3.05, 3.63) is 47.7 Å². The zero-order chi connectivity index (χ0) is 20.2. The van der Waals surface area contributed by atoms with Crippen molar-refractivity contribution in [2.45, 2.75) is 32.6 Å². The Morgan fingerprint density at radius 3 is 2.14 bits per heavy atom. The molecule has 2 aliphatic rings. The summed E-state index contributed by atoms with van der Waals surface area (Å²) in [5.41, 5.74) is 1.53. The molecule has 1 aromatic heterocycles.